The van der Waals surface area contributed by atoms with E-state index < -0.39 is 0 Å². The van der Waals surface area contributed by atoms with E-state index in [1.165, 1.54) is 0 Å². The maximum atomic E-state index is 11.1. The Balaban J connectivity index is 1.81. The normalized spacial score (nSPS) is 16.8. The third kappa shape index (κ3) is 3.40. The van der Waals surface area contributed by atoms with Crippen molar-refractivity contribution < 1.29 is 9.53 Å². The summed E-state index contributed by atoms with van der Waals surface area (Å²) in [6, 6.07) is 9.49. The van der Waals surface area contributed by atoms with Gasteiger partial charge in [-0.2, -0.15) is 5.26 Å². The van der Waals surface area contributed by atoms with Gasteiger partial charge in [0, 0.05) is 12.8 Å². The lowest BCUT2D eigenvalue weighted by atomic mass is 9.96. The van der Waals surface area contributed by atoms with Gasteiger partial charge in [0.05, 0.1) is 24.3 Å². The summed E-state index contributed by atoms with van der Waals surface area (Å²) in [6.07, 6.45) is 3.20. The van der Waals surface area contributed by atoms with Gasteiger partial charge in [0.15, 0.2) is 0 Å². The van der Waals surface area contributed by atoms with Gasteiger partial charge in [0.25, 0.3) is 0 Å². The molecule has 0 N–H and O–H groups in total. The zero-order valence-electron chi connectivity index (χ0n) is 9.69. The van der Waals surface area contributed by atoms with Crippen LogP contribution in [-0.4, -0.2) is 11.9 Å². The van der Waals surface area contributed by atoms with Crippen LogP contribution in [0.15, 0.2) is 24.3 Å². The second kappa shape index (κ2) is 5.60. The predicted molar refractivity (Wildman–Crippen MR) is 63.2 cm³/mol. The predicted octanol–water partition coefficient (Wildman–Crippen LogP) is 2.59. The molecule has 0 saturated heterocycles. The van der Waals surface area contributed by atoms with Crippen LogP contribution in [0.2, 0.25) is 0 Å². The SMILES string of the molecule is N#Cc1ccc(COC2CCC(=O)CC2)cc1. The van der Waals surface area contributed by atoms with Gasteiger partial charge < -0.3 is 4.74 Å². The highest BCUT2D eigenvalue weighted by molar-refractivity contribution is 5.79. The Kier molecular flexibility index (Phi) is 3.89. The molecule has 0 heterocycles. The average molecular weight is 229 g/mol. The van der Waals surface area contributed by atoms with Gasteiger partial charge in [0.2, 0.25) is 0 Å². The Morgan fingerprint density at radius 2 is 1.88 bits per heavy atom. The Bertz CT molecular complexity index is 421. The van der Waals surface area contributed by atoms with Crippen LogP contribution in [0.25, 0.3) is 0 Å². The van der Waals surface area contributed by atoms with Gasteiger partial charge in [-0.05, 0) is 30.5 Å². The maximum absolute atomic E-state index is 11.1. The lowest BCUT2D eigenvalue weighted by molar-refractivity contribution is -0.123. The number of benzene rings is 1. The Morgan fingerprint density at radius 3 is 2.47 bits per heavy atom. The smallest absolute Gasteiger partial charge is 0.133 e. The first-order valence-electron chi connectivity index (χ1n) is 5.90. The van der Waals surface area contributed by atoms with Gasteiger partial charge in [-0.3, -0.25) is 4.79 Å². The number of carbonyl (C=O) groups is 1. The molecule has 0 radical (unpaired) electrons. The minimum Gasteiger partial charge on any atom is -0.374 e. The molecule has 1 aliphatic carbocycles. The van der Waals surface area contributed by atoms with E-state index >= 15 is 0 Å². The van der Waals surface area contributed by atoms with Crippen molar-refractivity contribution in [1.82, 2.24) is 0 Å². The summed E-state index contributed by atoms with van der Waals surface area (Å²) in [6.45, 7) is 0.560. The van der Waals surface area contributed by atoms with E-state index in [2.05, 4.69) is 6.07 Å². The number of ketones is 1. The summed E-state index contributed by atoms with van der Waals surface area (Å²) in [5, 5.41) is 8.67. The highest BCUT2D eigenvalue weighted by atomic mass is 16.5. The van der Waals surface area contributed by atoms with Gasteiger partial charge >= 0.3 is 0 Å². The number of Topliss-reactive ketones (excluding diaryl/α,β-unsaturated/α-hetero) is 1. The second-order valence-corrected chi connectivity index (χ2v) is 4.36. The van der Waals surface area contributed by atoms with E-state index in [1.807, 2.05) is 12.1 Å². The standard InChI is InChI=1S/C14H15NO2/c15-9-11-1-3-12(4-2-11)10-17-14-7-5-13(16)6-8-14/h1-4,14H,5-8,10H2. The van der Waals surface area contributed by atoms with Crippen LogP contribution in [0, 0.1) is 11.3 Å². The second-order valence-electron chi connectivity index (χ2n) is 4.36. The van der Waals surface area contributed by atoms with E-state index in [-0.39, 0.29) is 6.10 Å². The minimum absolute atomic E-state index is 0.211. The quantitative estimate of drug-likeness (QED) is 0.800. The highest BCUT2D eigenvalue weighted by Gasteiger charge is 2.18. The molecule has 1 saturated carbocycles. The van der Waals surface area contributed by atoms with Crippen LogP contribution in [0.3, 0.4) is 0 Å². The Morgan fingerprint density at radius 1 is 1.24 bits per heavy atom. The van der Waals surface area contributed by atoms with Crippen LogP contribution >= 0.6 is 0 Å². The van der Waals surface area contributed by atoms with Gasteiger partial charge in [-0.1, -0.05) is 12.1 Å². The summed E-state index contributed by atoms with van der Waals surface area (Å²) in [5.41, 5.74) is 1.73. The molecule has 0 bridgehead atoms. The third-order valence-electron chi connectivity index (χ3n) is 3.06. The molecule has 1 aliphatic rings. The lowest BCUT2D eigenvalue weighted by Crippen LogP contribution is -2.21. The summed E-state index contributed by atoms with van der Waals surface area (Å²) in [7, 11) is 0. The molecule has 0 aliphatic heterocycles. The van der Waals surface area contributed by atoms with Crippen LogP contribution in [0.1, 0.15) is 36.8 Å². The number of hydrogen-bond donors (Lipinski definition) is 0. The van der Waals surface area contributed by atoms with E-state index in [0.717, 1.165) is 18.4 Å². The summed E-state index contributed by atoms with van der Waals surface area (Å²) in [4.78, 5) is 11.1. The molecule has 88 valence electrons. The van der Waals surface area contributed by atoms with E-state index in [4.69, 9.17) is 10.00 Å². The number of nitriles is 1. The van der Waals surface area contributed by atoms with Gasteiger partial charge in [-0.25, -0.2) is 0 Å². The zero-order valence-corrected chi connectivity index (χ0v) is 9.69. The Labute approximate surface area is 101 Å². The minimum atomic E-state index is 0.211. The molecule has 0 amide bonds. The van der Waals surface area contributed by atoms with E-state index in [9.17, 15) is 4.79 Å². The fraction of sp³-hybridized carbons (Fsp3) is 0.429. The highest BCUT2D eigenvalue weighted by Crippen LogP contribution is 2.19. The number of nitrogens with zero attached hydrogens (tertiary/aromatic N) is 1. The first-order valence-corrected chi connectivity index (χ1v) is 5.90. The monoisotopic (exact) mass is 229 g/mol. The van der Waals surface area contributed by atoms with Crippen molar-refractivity contribution in [3.05, 3.63) is 35.4 Å². The molecule has 0 aromatic heterocycles. The van der Waals surface area contributed by atoms with Crippen molar-refractivity contribution in [2.45, 2.75) is 38.4 Å². The van der Waals surface area contributed by atoms with Crippen molar-refractivity contribution >= 4 is 5.78 Å². The molecule has 1 aromatic carbocycles. The van der Waals surface area contributed by atoms with Crippen LogP contribution < -0.4 is 0 Å². The molecule has 0 atom stereocenters. The topological polar surface area (TPSA) is 50.1 Å². The molecule has 0 unspecified atom stereocenters. The largest absolute Gasteiger partial charge is 0.374 e. The molecular weight excluding hydrogens is 214 g/mol. The van der Waals surface area contributed by atoms with Crippen molar-refractivity contribution in [1.29, 1.82) is 5.26 Å². The molecule has 3 heteroatoms. The fourth-order valence-electron chi connectivity index (χ4n) is 1.97. The maximum Gasteiger partial charge on any atom is 0.133 e. The summed E-state index contributed by atoms with van der Waals surface area (Å²) < 4.78 is 5.76. The van der Waals surface area contributed by atoms with Crippen LogP contribution in [0.5, 0.6) is 0 Å². The van der Waals surface area contributed by atoms with E-state index in [0.29, 0.717) is 30.8 Å². The van der Waals surface area contributed by atoms with Crippen LogP contribution in [-0.2, 0) is 16.1 Å². The molecule has 3 nitrogen and oxygen atoms in total. The lowest BCUT2D eigenvalue weighted by Gasteiger charge is -2.21. The number of ether oxygens (including phenoxy) is 1. The average Bonchev–Trinajstić information content (AvgIpc) is 2.39. The molecule has 1 aromatic rings. The summed E-state index contributed by atoms with van der Waals surface area (Å²) >= 11 is 0. The molecule has 17 heavy (non-hydrogen) atoms. The van der Waals surface area contributed by atoms with E-state index in [1.54, 1.807) is 12.1 Å². The first-order chi connectivity index (χ1) is 8.28. The van der Waals surface area contributed by atoms with Crippen LogP contribution in [0.4, 0.5) is 0 Å². The van der Waals surface area contributed by atoms with Crippen molar-refractivity contribution in [3.63, 3.8) is 0 Å². The molecule has 1 fully saturated rings. The number of carbonyl (C=O) groups excluding carboxylic acids is 1. The number of hydrogen-bond acceptors (Lipinski definition) is 3. The van der Waals surface area contributed by atoms with Crippen molar-refractivity contribution in [3.8, 4) is 6.07 Å². The zero-order chi connectivity index (χ0) is 12.1. The van der Waals surface area contributed by atoms with Crippen molar-refractivity contribution in [2.75, 3.05) is 0 Å². The third-order valence-corrected chi connectivity index (χ3v) is 3.06. The van der Waals surface area contributed by atoms with Gasteiger partial charge in [-0.15, -0.1) is 0 Å². The first kappa shape index (κ1) is 11.8. The molecular formula is C14H15NO2. The van der Waals surface area contributed by atoms with Gasteiger partial charge in [0.1, 0.15) is 5.78 Å². The number of rotatable bonds is 3. The Hall–Kier alpha value is -1.66. The fourth-order valence-corrected chi connectivity index (χ4v) is 1.97. The van der Waals surface area contributed by atoms with Crippen molar-refractivity contribution in [2.24, 2.45) is 0 Å². The summed E-state index contributed by atoms with van der Waals surface area (Å²) in [5.74, 6) is 0.350. The molecule has 0 spiro atoms. The molecule has 2 rings (SSSR count).